The first kappa shape index (κ1) is 21.6. The van der Waals surface area contributed by atoms with Crippen molar-refractivity contribution < 1.29 is 9.53 Å². The van der Waals surface area contributed by atoms with E-state index in [4.69, 9.17) is 4.74 Å². The van der Waals surface area contributed by atoms with Crippen LogP contribution in [0.25, 0.3) is 0 Å². The molecule has 3 fully saturated rings. The van der Waals surface area contributed by atoms with Crippen LogP contribution in [-0.2, 0) is 11.3 Å². The highest BCUT2D eigenvalue weighted by Crippen LogP contribution is 2.31. The Morgan fingerprint density at radius 1 is 1.03 bits per heavy atom. The number of benzene rings is 1. The number of carbonyl (C=O) groups is 1. The summed E-state index contributed by atoms with van der Waals surface area (Å²) in [6.45, 7) is 15.0. The Kier molecular flexibility index (Phi) is 6.37. The van der Waals surface area contributed by atoms with Gasteiger partial charge < -0.3 is 9.64 Å². The van der Waals surface area contributed by atoms with Gasteiger partial charge in [-0.1, -0.05) is 12.1 Å². The molecule has 1 unspecified atom stereocenters. The Bertz CT molecular complexity index is 727. The second-order valence-corrected chi connectivity index (χ2v) is 9.91. The molecule has 0 aliphatic carbocycles. The minimum atomic E-state index is 0.194. The number of methoxy groups -OCH3 is 1. The fraction of sp³-hybridized carbons (Fsp3) is 0.708. The van der Waals surface area contributed by atoms with Gasteiger partial charge in [0.05, 0.1) is 7.11 Å². The van der Waals surface area contributed by atoms with Gasteiger partial charge in [0.1, 0.15) is 5.75 Å². The molecule has 0 radical (unpaired) electrons. The minimum Gasteiger partial charge on any atom is -0.497 e. The van der Waals surface area contributed by atoms with Crippen molar-refractivity contribution >= 4 is 5.91 Å². The largest absolute Gasteiger partial charge is 0.497 e. The highest BCUT2D eigenvalue weighted by molar-refractivity contribution is 5.73. The van der Waals surface area contributed by atoms with E-state index in [9.17, 15) is 4.79 Å². The smallest absolute Gasteiger partial charge is 0.219 e. The van der Waals surface area contributed by atoms with Gasteiger partial charge in [0.25, 0.3) is 0 Å². The van der Waals surface area contributed by atoms with E-state index in [1.165, 1.54) is 5.56 Å². The van der Waals surface area contributed by atoms with Crippen molar-refractivity contribution in [1.82, 2.24) is 19.6 Å². The topological polar surface area (TPSA) is 39.3 Å². The van der Waals surface area contributed by atoms with Gasteiger partial charge in [-0.05, 0) is 44.4 Å². The van der Waals surface area contributed by atoms with Crippen molar-refractivity contribution in [2.75, 3.05) is 52.9 Å². The van der Waals surface area contributed by atoms with E-state index in [-0.39, 0.29) is 11.4 Å². The first-order valence-electron chi connectivity index (χ1n) is 11.5. The van der Waals surface area contributed by atoms with Gasteiger partial charge in [0.15, 0.2) is 0 Å². The zero-order valence-electron chi connectivity index (χ0n) is 19.1. The van der Waals surface area contributed by atoms with E-state index in [0.717, 1.165) is 70.9 Å². The van der Waals surface area contributed by atoms with E-state index in [2.05, 4.69) is 52.8 Å². The average Bonchev–Trinajstić information content (AvgIpc) is 2.73. The molecule has 3 saturated heterocycles. The lowest BCUT2D eigenvalue weighted by molar-refractivity contribution is -0.131. The summed E-state index contributed by atoms with van der Waals surface area (Å²) in [5, 5.41) is 0. The Balaban J connectivity index is 1.38. The highest BCUT2D eigenvalue weighted by Gasteiger charge is 2.43. The van der Waals surface area contributed by atoms with Crippen molar-refractivity contribution in [2.45, 2.75) is 57.8 Å². The molecule has 1 aromatic rings. The maximum atomic E-state index is 11.7. The number of piperazine rings is 2. The van der Waals surface area contributed by atoms with E-state index < -0.39 is 0 Å². The van der Waals surface area contributed by atoms with Gasteiger partial charge in [0.2, 0.25) is 5.91 Å². The average molecular weight is 415 g/mol. The van der Waals surface area contributed by atoms with Crippen LogP contribution in [0.2, 0.25) is 0 Å². The van der Waals surface area contributed by atoms with Crippen LogP contribution in [-0.4, -0.2) is 96.1 Å². The maximum Gasteiger partial charge on any atom is 0.219 e. The summed E-state index contributed by atoms with van der Waals surface area (Å²) in [6, 6.07) is 9.70. The van der Waals surface area contributed by atoms with Crippen LogP contribution in [0.15, 0.2) is 24.3 Å². The van der Waals surface area contributed by atoms with E-state index >= 15 is 0 Å². The molecule has 6 nitrogen and oxygen atoms in total. The zero-order valence-corrected chi connectivity index (χ0v) is 19.1. The Morgan fingerprint density at radius 3 is 2.37 bits per heavy atom. The van der Waals surface area contributed by atoms with Gasteiger partial charge in [-0.25, -0.2) is 0 Å². The van der Waals surface area contributed by atoms with Gasteiger partial charge >= 0.3 is 0 Å². The number of piperidine rings is 1. The van der Waals surface area contributed by atoms with Crippen molar-refractivity contribution in [3.05, 3.63) is 29.8 Å². The summed E-state index contributed by atoms with van der Waals surface area (Å²) < 4.78 is 5.30. The molecule has 4 rings (SSSR count). The lowest BCUT2D eigenvalue weighted by Gasteiger charge is -2.57. The van der Waals surface area contributed by atoms with Gasteiger partial charge in [-0.15, -0.1) is 0 Å². The lowest BCUT2D eigenvalue weighted by Crippen LogP contribution is -2.70. The molecule has 0 spiro atoms. The summed E-state index contributed by atoms with van der Waals surface area (Å²) >= 11 is 0. The number of fused-ring (bicyclic) bond motifs is 1. The quantitative estimate of drug-likeness (QED) is 0.756. The third kappa shape index (κ3) is 4.66. The molecular weight excluding hydrogens is 376 g/mol. The minimum absolute atomic E-state index is 0.194. The van der Waals surface area contributed by atoms with Crippen LogP contribution in [0.1, 0.15) is 39.2 Å². The van der Waals surface area contributed by atoms with Crippen molar-refractivity contribution in [1.29, 1.82) is 0 Å². The number of ether oxygens (including phenoxy) is 1. The highest BCUT2D eigenvalue weighted by atomic mass is 16.5. The number of nitrogens with zero attached hydrogens (tertiary/aromatic N) is 4. The molecule has 6 heteroatoms. The van der Waals surface area contributed by atoms with Gasteiger partial charge in [0, 0.05) is 76.9 Å². The fourth-order valence-electron chi connectivity index (χ4n) is 5.82. The van der Waals surface area contributed by atoms with E-state index in [1.807, 2.05) is 4.90 Å². The van der Waals surface area contributed by atoms with Crippen LogP contribution >= 0.6 is 0 Å². The van der Waals surface area contributed by atoms with E-state index in [0.29, 0.717) is 12.1 Å². The van der Waals surface area contributed by atoms with Crippen LogP contribution in [0.5, 0.6) is 5.75 Å². The second kappa shape index (κ2) is 8.85. The van der Waals surface area contributed by atoms with Crippen LogP contribution < -0.4 is 4.74 Å². The molecule has 30 heavy (non-hydrogen) atoms. The Hall–Kier alpha value is -1.63. The normalized spacial score (nSPS) is 26.4. The van der Waals surface area contributed by atoms with Crippen LogP contribution in [0.3, 0.4) is 0 Å². The van der Waals surface area contributed by atoms with Gasteiger partial charge in [-0.3, -0.25) is 19.5 Å². The molecule has 1 amide bonds. The molecule has 0 bridgehead atoms. The summed E-state index contributed by atoms with van der Waals surface area (Å²) in [4.78, 5) is 21.8. The number of rotatable bonds is 4. The first-order valence-corrected chi connectivity index (χ1v) is 11.5. The summed E-state index contributed by atoms with van der Waals surface area (Å²) in [5.41, 5.74) is 1.55. The summed E-state index contributed by atoms with van der Waals surface area (Å²) in [7, 11) is 1.72. The SMILES string of the molecule is COc1ccc(CN2CC3CN(C4CCN(C(C)=O)CC4)CCN3C(C)(C)C2)cc1. The van der Waals surface area contributed by atoms with E-state index in [1.54, 1.807) is 14.0 Å². The van der Waals surface area contributed by atoms with Gasteiger partial charge in [-0.2, -0.15) is 0 Å². The number of hydrogen-bond donors (Lipinski definition) is 0. The molecule has 0 N–H and O–H groups in total. The monoisotopic (exact) mass is 414 g/mol. The predicted octanol–water partition coefficient (Wildman–Crippen LogP) is 2.29. The molecule has 3 aliphatic rings. The molecule has 1 atom stereocenters. The fourth-order valence-corrected chi connectivity index (χ4v) is 5.82. The molecule has 3 heterocycles. The van der Waals surface area contributed by atoms with Crippen molar-refractivity contribution in [2.24, 2.45) is 0 Å². The molecule has 0 aromatic heterocycles. The number of carbonyl (C=O) groups excluding carboxylic acids is 1. The third-order valence-electron chi connectivity index (χ3n) is 7.36. The predicted molar refractivity (Wildman–Crippen MR) is 120 cm³/mol. The molecular formula is C24H38N4O2. The summed E-state index contributed by atoms with van der Waals surface area (Å²) in [6.07, 6.45) is 2.23. The standard InChI is InChI=1S/C24H38N4O2/c1-19(29)26-11-9-21(10-12-26)27-13-14-28-22(17-27)16-25(18-24(28,2)3)15-20-5-7-23(30-4)8-6-20/h5-8,21-22H,9-18H2,1-4H3. The second-order valence-electron chi connectivity index (χ2n) is 9.91. The number of amides is 1. The Morgan fingerprint density at radius 2 is 1.73 bits per heavy atom. The molecule has 1 aromatic carbocycles. The molecule has 3 aliphatic heterocycles. The number of likely N-dealkylation sites (tertiary alicyclic amines) is 1. The van der Waals surface area contributed by atoms with Crippen LogP contribution in [0, 0.1) is 0 Å². The van der Waals surface area contributed by atoms with Crippen LogP contribution in [0.4, 0.5) is 0 Å². The van der Waals surface area contributed by atoms with Crippen molar-refractivity contribution in [3.8, 4) is 5.75 Å². The number of hydrogen-bond acceptors (Lipinski definition) is 5. The Labute approximate surface area is 181 Å². The summed E-state index contributed by atoms with van der Waals surface area (Å²) in [5.74, 6) is 1.14. The zero-order chi connectivity index (χ0) is 21.3. The molecule has 0 saturated carbocycles. The van der Waals surface area contributed by atoms with Crippen molar-refractivity contribution in [3.63, 3.8) is 0 Å². The molecule has 166 valence electrons. The third-order valence-corrected chi connectivity index (χ3v) is 7.36. The first-order chi connectivity index (χ1) is 14.4. The maximum absolute atomic E-state index is 11.7. The lowest BCUT2D eigenvalue weighted by atomic mass is 9.91.